The van der Waals surface area contributed by atoms with Crippen molar-refractivity contribution in [2.75, 3.05) is 46.0 Å². The van der Waals surface area contributed by atoms with Gasteiger partial charge < -0.3 is 19.7 Å². The first kappa shape index (κ1) is 17.5. The van der Waals surface area contributed by atoms with Gasteiger partial charge in [-0.15, -0.1) is 0 Å². The molecule has 2 saturated heterocycles. The Hall–Kier alpha value is -0.810. The Labute approximate surface area is 135 Å². The summed E-state index contributed by atoms with van der Waals surface area (Å²) in [5.41, 5.74) is 0.403. The third-order valence-corrected chi connectivity index (χ3v) is 4.35. The van der Waals surface area contributed by atoms with Gasteiger partial charge in [-0.3, -0.25) is 4.99 Å². The molecular weight excluding hydrogens is 278 g/mol. The number of hydrogen-bond donors (Lipinski definition) is 1. The van der Waals surface area contributed by atoms with Crippen molar-refractivity contribution < 1.29 is 9.47 Å². The van der Waals surface area contributed by atoms with Crippen LogP contribution in [0.1, 0.15) is 46.5 Å². The summed E-state index contributed by atoms with van der Waals surface area (Å²) in [6.07, 6.45) is 4.86. The molecular formula is C17H33N3O2. The number of guanidine groups is 1. The van der Waals surface area contributed by atoms with Crippen LogP contribution in [0.5, 0.6) is 0 Å². The van der Waals surface area contributed by atoms with Gasteiger partial charge in [-0.1, -0.05) is 13.8 Å². The van der Waals surface area contributed by atoms with E-state index in [-0.39, 0.29) is 0 Å². The molecule has 1 atom stereocenters. The summed E-state index contributed by atoms with van der Waals surface area (Å²) in [4.78, 5) is 7.14. The molecule has 0 radical (unpaired) electrons. The molecule has 1 N–H and O–H groups in total. The molecule has 2 heterocycles. The Kier molecular flexibility index (Phi) is 6.96. The van der Waals surface area contributed by atoms with Crippen molar-refractivity contribution in [2.45, 2.75) is 52.6 Å². The Morgan fingerprint density at radius 3 is 2.95 bits per heavy atom. The monoisotopic (exact) mass is 311 g/mol. The second-order valence-electron chi connectivity index (χ2n) is 7.13. The van der Waals surface area contributed by atoms with Gasteiger partial charge in [0.1, 0.15) is 0 Å². The van der Waals surface area contributed by atoms with E-state index in [0.717, 1.165) is 64.8 Å². The van der Waals surface area contributed by atoms with Crippen molar-refractivity contribution in [3.8, 4) is 0 Å². The molecule has 0 aliphatic carbocycles. The molecule has 128 valence electrons. The number of rotatable bonds is 7. The van der Waals surface area contributed by atoms with Crippen LogP contribution >= 0.6 is 0 Å². The number of nitrogens with one attached hydrogen (secondary N) is 1. The summed E-state index contributed by atoms with van der Waals surface area (Å²) in [5.74, 6) is 1.06. The molecule has 5 heteroatoms. The minimum atomic E-state index is 0.327. The van der Waals surface area contributed by atoms with Gasteiger partial charge in [-0.2, -0.15) is 0 Å². The Bertz CT molecular complexity index is 352. The zero-order chi connectivity index (χ0) is 15.8. The smallest absolute Gasteiger partial charge is 0.193 e. The predicted octanol–water partition coefficient (Wildman–Crippen LogP) is 2.27. The normalized spacial score (nSPS) is 25.0. The highest BCUT2D eigenvalue weighted by atomic mass is 16.5. The lowest BCUT2D eigenvalue weighted by atomic mass is 9.93. The highest BCUT2D eigenvalue weighted by molar-refractivity contribution is 5.80. The van der Waals surface area contributed by atoms with Gasteiger partial charge in [0.2, 0.25) is 0 Å². The topological polar surface area (TPSA) is 46.1 Å². The number of aliphatic imine (C=N–C) groups is 1. The highest BCUT2D eigenvalue weighted by Gasteiger charge is 2.30. The Morgan fingerprint density at radius 2 is 2.32 bits per heavy atom. The van der Waals surface area contributed by atoms with Crippen molar-refractivity contribution in [1.82, 2.24) is 10.2 Å². The molecule has 0 bridgehead atoms. The van der Waals surface area contributed by atoms with Crippen LogP contribution in [0.4, 0.5) is 0 Å². The first-order chi connectivity index (χ1) is 10.6. The molecule has 1 unspecified atom stereocenters. The van der Waals surface area contributed by atoms with E-state index in [2.05, 4.69) is 31.0 Å². The first-order valence-corrected chi connectivity index (χ1v) is 8.83. The van der Waals surface area contributed by atoms with Crippen LogP contribution < -0.4 is 5.32 Å². The van der Waals surface area contributed by atoms with E-state index in [1.54, 1.807) is 0 Å². The third-order valence-electron chi connectivity index (χ3n) is 4.35. The highest BCUT2D eigenvalue weighted by Crippen LogP contribution is 2.28. The summed E-state index contributed by atoms with van der Waals surface area (Å²) in [7, 11) is 0. The van der Waals surface area contributed by atoms with Crippen LogP contribution in [0.3, 0.4) is 0 Å². The SMILES string of the molecule is CCNC(=NCCCOCC1CCCO1)N1CCC(C)(C)C1. The summed E-state index contributed by atoms with van der Waals surface area (Å²) in [6.45, 7) is 13.1. The van der Waals surface area contributed by atoms with Crippen LogP contribution in [0.15, 0.2) is 4.99 Å². The lowest BCUT2D eigenvalue weighted by molar-refractivity contribution is 0.0170. The number of likely N-dealkylation sites (tertiary alicyclic amines) is 1. The molecule has 0 aromatic rings. The minimum Gasteiger partial charge on any atom is -0.379 e. The summed E-state index contributed by atoms with van der Waals surface area (Å²) < 4.78 is 11.2. The third kappa shape index (κ3) is 5.76. The zero-order valence-electron chi connectivity index (χ0n) is 14.6. The van der Waals surface area contributed by atoms with Gasteiger partial charge in [0.15, 0.2) is 5.96 Å². The maximum atomic E-state index is 5.69. The minimum absolute atomic E-state index is 0.327. The Balaban J connectivity index is 1.64. The quantitative estimate of drug-likeness (QED) is 0.445. The van der Waals surface area contributed by atoms with Crippen molar-refractivity contribution in [3.63, 3.8) is 0 Å². The van der Waals surface area contributed by atoms with Crippen LogP contribution in [-0.2, 0) is 9.47 Å². The number of nitrogens with zero attached hydrogens (tertiary/aromatic N) is 2. The second-order valence-corrected chi connectivity index (χ2v) is 7.13. The van der Waals surface area contributed by atoms with Crippen LogP contribution in [0.25, 0.3) is 0 Å². The van der Waals surface area contributed by atoms with Gasteiger partial charge in [0.25, 0.3) is 0 Å². The Morgan fingerprint density at radius 1 is 1.45 bits per heavy atom. The van der Waals surface area contributed by atoms with Gasteiger partial charge in [-0.25, -0.2) is 0 Å². The van der Waals surface area contributed by atoms with Crippen molar-refractivity contribution in [2.24, 2.45) is 10.4 Å². The van der Waals surface area contributed by atoms with E-state index < -0.39 is 0 Å². The fraction of sp³-hybridized carbons (Fsp3) is 0.941. The molecule has 0 spiro atoms. The first-order valence-electron chi connectivity index (χ1n) is 8.83. The van der Waals surface area contributed by atoms with Gasteiger partial charge >= 0.3 is 0 Å². The molecule has 2 fully saturated rings. The largest absolute Gasteiger partial charge is 0.379 e. The molecule has 5 nitrogen and oxygen atoms in total. The van der Waals surface area contributed by atoms with Crippen molar-refractivity contribution in [3.05, 3.63) is 0 Å². The van der Waals surface area contributed by atoms with E-state index in [0.29, 0.717) is 11.5 Å². The van der Waals surface area contributed by atoms with Crippen LogP contribution in [0.2, 0.25) is 0 Å². The van der Waals surface area contributed by atoms with Gasteiger partial charge in [0.05, 0.1) is 12.7 Å². The van der Waals surface area contributed by atoms with E-state index in [9.17, 15) is 0 Å². The summed E-state index contributed by atoms with van der Waals surface area (Å²) >= 11 is 0. The van der Waals surface area contributed by atoms with E-state index in [1.807, 2.05) is 0 Å². The number of hydrogen-bond acceptors (Lipinski definition) is 3. The average molecular weight is 311 g/mol. The van der Waals surface area contributed by atoms with Gasteiger partial charge in [0, 0.05) is 39.4 Å². The van der Waals surface area contributed by atoms with Crippen LogP contribution in [-0.4, -0.2) is 63.0 Å². The second kappa shape index (κ2) is 8.73. The maximum Gasteiger partial charge on any atom is 0.193 e. The van der Waals surface area contributed by atoms with Crippen molar-refractivity contribution in [1.29, 1.82) is 0 Å². The molecule has 0 amide bonds. The fourth-order valence-corrected chi connectivity index (χ4v) is 3.06. The maximum absolute atomic E-state index is 5.69. The molecule has 0 aromatic heterocycles. The lowest BCUT2D eigenvalue weighted by Crippen LogP contribution is -2.40. The van der Waals surface area contributed by atoms with Crippen molar-refractivity contribution >= 4 is 5.96 Å². The van der Waals surface area contributed by atoms with E-state index in [4.69, 9.17) is 14.5 Å². The molecule has 0 saturated carbocycles. The number of ether oxygens (including phenoxy) is 2. The molecule has 2 aliphatic rings. The summed E-state index contributed by atoms with van der Waals surface area (Å²) in [6, 6.07) is 0. The van der Waals surface area contributed by atoms with Gasteiger partial charge in [-0.05, 0) is 38.0 Å². The summed E-state index contributed by atoms with van der Waals surface area (Å²) in [5, 5.41) is 3.41. The zero-order valence-corrected chi connectivity index (χ0v) is 14.6. The molecule has 2 rings (SSSR count). The molecule has 22 heavy (non-hydrogen) atoms. The average Bonchev–Trinajstić information content (AvgIpc) is 3.10. The standard InChI is InChI=1S/C17H33N3O2/c1-4-18-16(20-10-8-17(2,3)14-20)19-9-6-11-21-13-15-7-5-12-22-15/h15H,4-14H2,1-3H3,(H,18,19). The lowest BCUT2D eigenvalue weighted by Gasteiger charge is -2.23. The fourth-order valence-electron chi connectivity index (χ4n) is 3.06. The predicted molar refractivity (Wildman–Crippen MR) is 90.4 cm³/mol. The molecule has 0 aromatic carbocycles. The molecule has 2 aliphatic heterocycles. The van der Waals surface area contributed by atoms with Crippen LogP contribution in [0, 0.1) is 5.41 Å². The van der Waals surface area contributed by atoms with E-state index in [1.165, 1.54) is 12.8 Å². The van der Waals surface area contributed by atoms with E-state index >= 15 is 0 Å².